The second-order valence-corrected chi connectivity index (χ2v) is 1.02. The minimum Gasteiger partial charge on any atom is -0.473 e. The summed E-state index contributed by atoms with van der Waals surface area (Å²) in [4.78, 5) is 18.2. The Morgan fingerprint density at radius 1 is 1.11 bits per heavy atom. The van der Waals surface area contributed by atoms with Gasteiger partial charge in [-0.05, 0) is 0 Å². The molecule has 9 heavy (non-hydrogen) atoms. The predicted octanol–water partition coefficient (Wildman–Crippen LogP) is -0.582. The fraction of sp³-hybridized carbons (Fsp3) is 0.500. The van der Waals surface area contributed by atoms with Crippen LogP contribution in [0, 0.1) is 0 Å². The van der Waals surface area contributed by atoms with Gasteiger partial charge in [-0.25, -0.2) is 9.59 Å². The molecule has 0 atom stereocenters. The highest BCUT2D eigenvalue weighted by molar-refractivity contribution is 6.27. The fourth-order valence-corrected chi connectivity index (χ4v) is 0. The van der Waals surface area contributed by atoms with Crippen LogP contribution in [-0.2, 0) is 14.3 Å². The van der Waals surface area contributed by atoms with Gasteiger partial charge in [0.25, 0.3) is 0 Å². The Bertz CT molecular complexity index is 85.1. The van der Waals surface area contributed by atoms with Crippen LogP contribution < -0.4 is 0 Å². The van der Waals surface area contributed by atoms with Gasteiger partial charge in [-0.2, -0.15) is 0 Å². The number of carboxylic acids is 2. The summed E-state index contributed by atoms with van der Waals surface area (Å²) in [5, 5.41) is 14.8. The Hall–Kier alpha value is -1.10. The summed E-state index contributed by atoms with van der Waals surface area (Å²) in [5.74, 6) is -3.65. The maximum Gasteiger partial charge on any atom is 0.414 e. The van der Waals surface area contributed by atoms with Crippen molar-refractivity contribution in [1.82, 2.24) is 0 Å². The Labute approximate surface area is 51.9 Å². The number of carbonyl (C=O) groups is 2. The van der Waals surface area contributed by atoms with Crippen molar-refractivity contribution in [2.45, 2.75) is 0 Å². The average molecular weight is 136 g/mol. The number of carboxylic acid groups (broad SMARTS) is 2. The average Bonchev–Trinajstić information content (AvgIpc) is 1.68. The van der Waals surface area contributed by atoms with Gasteiger partial charge < -0.3 is 14.9 Å². The Morgan fingerprint density at radius 2 is 1.22 bits per heavy atom. The Kier molecular flexibility index (Phi) is 8.28. The van der Waals surface area contributed by atoms with E-state index < -0.39 is 11.9 Å². The largest absolute Gasteiger partial charge is 0.473 e. The van der Waals surface area contributed by atoms with E-state index in [-0.39, 0.29) is 0 Å². The minimum absolute atomic E-state index is 1.62. The zero-order chi connectivity index (χ0) is 7.86. The number of methoxy groups -OCH3 is 1. The number of hydrogen-bond donors (Lipinski definition) is 2. The fourth-order valence-electron chi connectivity index (χ4n) is 0. The quantitative estimate of drug-likeness (QED) is 0.435. The summed E-state index contributed by atoms with van der Waals surface area (Å²) < 4.78 is 4.25. The lowest BCUT2D eigenvalue weighted by atomic mass is 10.7. The highest BCUT2D eigenvalue weighted by atomic mass is 16.5. The standard InChI is InChI=1S/C2H2O4.C2H6O/c3-1(4)2(5)6;1-3-2/h(H,3,4)(H,5,6);1-2H3. The molecule has 5 heteroatoms. The molecule has 0 saturated carbocycles. The van der Waals surface area contributed by atoms with Crippen LogP contribution in [0.5, 0.6) is 0 Å². The van der Waals surface area contributed by atoms with E-state index in [2.05, 4.69) is 4.74 Å². The lowest BCUT2D eigenvalue weighted by Crippen LogP contribution is -2.09. The Morgan fingerprint density at radius 3 is 1.22 bits per heavy atom. The lowest BCUT2D eigenvalue weighted by molar-refractivity contribution is -0.159. The van der Waals surface area contributed by atoms with Gasteiger partial charge in [-0.1, -0.05) is 0 Å². The molecule has 0 aliphatic carbocycles. The molecule has 0 fully saturated rings. The molecule has 0 radical (unpaired) electrons. The van der Waals surface area contributed by atoms with Crippen LogP contribution >= 0.6 is 0 Å². The highest BCUT2D eigenvalue weighted by Gasteiger charge is 2.04. The smallest absolute Gasteiger partial charge is 0.414 e. The van der Waals surface area contributed by atoms with Crippen molar-refractivity contribution in [3.8, 4) is 0 Å². The van der Waals surface area contributed by atoms with Crippen molar-refractivity contribution in [2.24, 2.45) is 0 Å². The zero-order valence-corrected chi connectivity index (χ0v) is 5.12. The molecule has 0 saturated heterocycles. The molecule has 0 aliphatic heterocycles. The summed E-state index contributed by atoms with van der Waals surface area (Å²) in [6.07, 6.45) is 0. The molecule has 0 spiro atoms. The normalized spacial score (nSPS) is 6.89. The van der Waals surface area contributed by atoms with Gasteiger partial charge in [0.1, 0.15) is 0 Å². The molecule has 0 bridgehead atoms. The van der Waals surface area contributed by atoms with E-state index in [4.69, 9.17) is 19.8 Å². The number of ether oxygens (including phenoxy) is 1. The first-order valence-electron chi connectivity index (χ1n) is 1.92. The minimum atomic E-state index is -1.82. The van der Waals surface area contributed by atoms with Gasteiger partial charge in [-0.15, -0.1) is 0 Å². The first-order valence-corrected chi connectivity index (χ1v) is 1.92. The molecule has 2 N–H and O–H groups in total. The Balaban J connectivity index is 0. The molecule has 0 aliphatic rings. The lowest BCUT2D eigenvalue weighted by Gasteiger charge is -1.72. The van der Waals surface area contributed by atoms with Crippen molar-refractivity contribution in [3.63, 3.8) is 0 Å². The summed E-state index contributed by atoms with van der Waals surface area (Å²) in [6, 6.07) is 0. The summed E-state index contributed by atoms with van der Waals surface area (Å²) in [6.45, 7) is 0. The van der Waals surface area contributed by atoms with E-state index in [0.717, 1.165) is 0 Å². The first kappa shape index (κ1) is 10.8. The molecule has 0 heterocycles. The van der Waals surface area contributed by atoms with Gasteiger partial charge in [0.2, 0.25) is 0 Å². The molecule has 54 valence electrons. The number of rotatable bonds is 0. The van der Waals surface area contributed by atoms with Crippen LogP contribution in [0.3, 0.4) is 0 Å². The van der Waals surface area contributed by atoms with Crippen LogP contribution in [0.2, 0.25) is 0 Å². The predicted molar refractivity (Wildman–Crippen MR) is 28.2 cm³/mol. The molecule has 5 nitrogen and oxygen atoms in total. The van der Waals surface area contributed by atoms with E-state index in [9.17, 15) is 0 Å². The van der Waals surface area contributed by atoms with Crippen molar-refractivity contribution in [2.75, 3.05) is 14.2 Å². The van der Waals surface area contributed by atoms with Crippen LogP contribution in [0.15, 0.2) is 0 Å². The van der Waals surface area contributed by atoms with Gasteiger partial charge in [0, 0.05) is 14.2 Å². The zero-order valence-electron chi connectivity index (χ0n) is 5.12. The van der Waals surface area contributed by atoms with Gasteiger partial charge in [0.05, 0.1) is 0 Å². The molecule has 0 unspecified atom stereocenters. The third-order valence-corrected chi connectivity index (χ3v) is 0.183. The molecular weight excluding hydrogens is 128 g/mol. The van der Waals surface area contributed by atoms with Gasteiger partial charge in [0.15, 0.2) is 0 Å². The van der Waals surface area contributed by atoms with Crippen LogP contribution in [0.25, 0.3) is 0 Å². The third kappa shape index (κ3) is 19.7. The van der Waals surface area contributed by atoms with Gasteiger partial charge in [-0.3, -0.25) is 0 Å². The van der Waals surface area contributed by atoms with Crippen LogP contribution in [-0.4, -0.2) is 36.4 Å². The molecule has 0 aromatic rings. The van der Waals surface area contributed by atoms with Crippen molar-refractivity contribution >= 4 is 11.9 Å². The second-order valence-electron chi connectivity index (χ2n) is 1.02. The maximum absolute atomic E-state index is 9.10. The third-order valence-electron chi connectivity index (χ3n) is 0.183. The number of aliphatic carboxylic acids is 2. The van der Waals surface area contributed by atoms with Crippen LogP contribution in [0.4, 0.5) is 0 Å². The highest BCUT2D eigenvalue weighted by Crippen LogP contribution is 1.56. The molecular formula is C4H8O5. The molecule has 0 aromatic carbocycles. The summed E-state index contributed by atoms with van der Waals surface area (Å²) in [7, 11) is 3.25. The maximum atomic E-state index is 9.10. The first-order chi connectivity index (χ1) is 4.06. The SMILES string of the molecule is COC.O=C(O)C(=O)O. The topological polar surface area (TPSA) is 83.8 Å². The number of hydrogen-bond acceptors (Lipinski definition) is 3. The van der Waals surface area contributed by atoms with Crippen molar-refractivity contribution in [1.29, 1.82) is 0 Å². The summed E-state index contributed by atoms with van der Waals surface area (Å²) >= 11 is 0. The van der Waals surface area contributed by atoms with Crippen LogP contribution in [0.1, 0.15) is 0 Å². The molecule has 0 amide bonds. The molecule has 0 aromatic heterocycles. The summed E-state index contributed by atoms with van der Waals surface area (Å²) in [5.41, 5.74) is 0. The van der Waals surface area contributed by atoms with Crippen molar-refractivity contribution in [3.05, 3.63) is 0 Å². The molecule has 0 rings (SSSR count). The van der Waals surface area contributed by atoms with E-state index >= 15 is 0 Å². The van der Waals surface area contributed by atoms with E-state index in [1.165, 1.54) is 0 Å². The van der Waals surface area contributed by atoms with E-state index in [0.29, 0.717) is 0 Å². The van der Waals surface area contributed by atoms with Crippen molar-refractivity contribution < 1.29 is 24.5 Å². The second kappa shape index (κ2) is 6.90. The van der Waals surface area contributed by atoms with Gasteiger partial charge >= 0.3 is 11.9 Å². The monoisotopic (exact) mass is 136 g/mol. The van der Waals surface area contributed by atoms with E-state index in [1.807, 2.05) is 0 Å². The van der Waals surface area contributed by atoms with E-state index in [1.54, 1.807) is 14.2 Å².